The highest BCUT2D eigenvalue weighted by Gasteiger charge is 2.17. The van der Waals surface area contributed by atoms with Gasteiger partial charge >= 0.3 is 0 Å². The van der Waals surface area contributed by atoms with Crippen LogP contribution in [0.15, 0.2) is 30.6 Å². The number of hydrogen-bond donors (Lipinski definition) is 1. The Hall–Kier alpha value is -2.85. The molecule has 0 atom stereocenters. The third kappa shape index (κ3) is 4.41. The largest absolute Gasteiger partial charge is 0.379 e. The first-order valence-corrected chi connectivity index (χ1v) is 8.11. The third-order valence-electron chi connectivity index (χ3n) is 4.05. The molecule has 9 nitrogen and oxygen atoms in total. The Morgan fingerprint density at radius 1 is 1.35 bits per heavy atom. The molecular weight excluding hydrogens is 345 g/mol. The van der Waals surface area contributed by atoms with E-state index in [1.54, 1.807) is 10.9 Å². The second-order valence-corrected chi connectivity index (χ2v) is 5.82. The number of aromatic nitrogens is 2. The molecule has 1 aliphatic rings. The summed E-state index contributed by atoms with van der Waals surface area (Å²) in [5.74, 6) is -1.64. The number of amides is 1. The number of nitro groups is 1. The van der Waals surface area contributed by atoms with Gasteiger partial charge in [0.2, 0.25) is 0 Å². The summed E-state index contributed by atoms with van der Waals surface area (Å²) in [6.07, 6.45) is 3.13. The van der Waals surface area contributed by atoms with Gasteiger partial charge < -0.3 is 10.1 Å². The lowest BCUT2D eigenvalue weighted by Crippen LogP contribution is -2.38. The van der Waals surface area contributed by atoms with Crippen LogP contribution in [-0.2, 0) is 11.3 Å². The number of benzene rings is 1. The molecule has 1 amide bonds. The van der Waals surface area contributed by atoms with Crippen molar-refractivity contribution < 1.29 is 18.8 Å². The molecule has 0 unspecified atom stereocenters. The molecule has 1 N–H and O–H groups in total. The van der Waals surface area contributed by atoms with E-state index < -0.39 is 22.3 Å². The number of rotatable bonds is 6. The molecule has 2 heterocycles. The molecule has 1 aliphatic heterocycles. The van der Waals surface area contributed by atoms with E-state index in [1.807, 2.05) is 0 Å². The maximum atomic E-state index is 13.9. The summed E-state index contributed by atoms with van der Waals surface area (Å²) in [7, 11) is 0. The highest BCUT2D eigenvalue weighted by molar-refractivity contribution is 6.04. The topological polar surface area (TPSA) is 103 Å². The first kappa shape index (κ1) is 18.0. The second kappa shape index (κ2) is 8.02. The molecule has 1 aromatic heterocycles. The number of ether oxygens (including phenoxy) is 1. The number of nitrogens with one attached hydrogen (secondary N) is 1. The number of nitro benzene ring substituents is 1. The van der Waals surface area contributed by atoms with Crippen LogP contribution in [0.3, 0.4) is 0 Å². The fraction of sp³-hybridized carbons (Fsp3) is 0.375. The van der Waals surface area contributed by atoms with Crippen molar-refractivity contribution in [1.29, 1.82) is 0 Å². The molecule has 0 saturated carbocycles. The van der Waals surface area contributed by atoms with Gasteiger partial charge in [-0.25, -0.2) is 4.39 Å². The van der Waals surface area contributed by atoms with Crippen molar-refractivity contribution in [3.05, 3.63) is 52.1 Å². The number of morpholine rings is 1. The first-order chi connectivity index (χ1) is 12.5. The molecule has 0 bridgehead atoms. The van der Waals surface area contributed by atoms with Crippen molar-refractivity contribution in [3.8, 4) is 0 Å². The molecule has 1 fully saturated rings. The zero-order chi connectivity index (χ0) is 18.5. The molecule has 3 rings (SSSR count). The average molecular weight is 363 g/mol. The lowest BCUT2D eigenvalue weighted by molar-refractivity contribution is -0.385. The number of carbonyl (C=O) groups is 1. The van der Waals surface area contributed by atoms with Gasteiger partial charge in [0.15, 0.2) is 0 Å². The minimum absolute atomic E-state index is 0.267. The SMILES string of the molecule is O=C(Nc1cnn(CCN2CCOCC2)c1)c1ccc([N+](=O)[O-])cc1F. The monoisotopic (exact) mass is 363 g/mol. The maximum Gasteiger partial charge on any atom is 0.272 e. The van der Waals surface area contributed by atoms with Gasteiger partial charge in [0.1, 0.15) is 5.82 Å². The van der Waals surface area contributed by atoms with Crippen molar-refractivity contribution in [3.63, 3.8) is 0 Å². The third-order valence-corrected chi connectivity index (χ3v) is 4.05. The highest BCUT2D eigenvalue weighted by atomic mass is 19.1. The number of halogens is 1. The van der Waals surface area contributed by atoms with Gasteiger partial charge in [0, 0.05) is 31.9 Å². The Balaban J connectivity index is 1.58. The minimum atomic E-state index is -0.948. The average Bonchev–Trinajstić information content (AvgIpc) is 3.08. The van der Waals surface area contributed by atoms with Crippen LogP contribution in [0.2, 0.25) is 0 Å². The Labute approximate surface area is 148 Å². The van der Waals surface area contributed by atoms with E-state index >= 15 is 0 Å². The first-order valence-electron chi connectivity index (χ1n) is 8.11. The highest BCUT2D eigenvalue weighted by Crippen LogP contribution is 2.18. The quantitative estimate of drug-likeness (QED) is 0.617. The summed E-state index contributed by atoms with van der Waals surface area (Å²) in [6, 6.07) is 2.90. The normalized spacial score (nSPS) is 15.0. The van der Waals surface area contributed by atoms with Gasteiger partial charge in [-0.3, -0.25) is 24.5 Å². The predicted octanol–water partition coefficient (Wildman–Crippen LogP) is 1.51. The van der Waals surface area contributed by atoms with Crippen molar-refractivity contribution >= 4 is 17.3 Å². The van der Waals surface area contributed by atoms with Crippen LogP contribution in [0.1, 0.15) is 10.4 Å². The summed E-state index contributed by atoms with van der Waals surface area (Å²) < 4.78 is 20.9. The van der Waals surface area contributed by atoms with Crippen LogP contribution in [0.5, 0.6) is 0 Å². The van der Waals surface area contributed by atoms with Crippen molar-refractivity contribution in [2.45, 2.75) is 6.54 Å². The standard InChI is InChI=1S/C16H18FN5O4/c17-15-9-13(22(24)25)1-2-14(15)16(23)19-12-10-18-21(11-12)4-3-20-5-7-26-8-6-20/h1-2,9-11H,3-8H2,(H,19,23). The molecular formula is C16H18FN5O4. The Morgan fingerprint density at radius 2 is 2.12 bits per heavy atom. The Bertz CT molecular complexity index is 804. The summed E-state index contributed by atoms with van der Waals surface area (Å²) >= 11 is 0. The van der Waals surface area contributed by atoms with E-state index in [4.69, 9.17) is 4.74 Å². The van der Waals surface area contributed by atoms with Gasteiger partial charge in [-0.05, 0) is 6.07 Å². The fourth-order valence-corrected chi connectivity index (χ4v) is 2.62. The Kier molecular flexibility index (Phi) is 5.54. The minimum Gasteiger partial charge on any atom is -0.379 e. The smallest absolute Gasteiger partial charge is 0.272 e. The van der Waals surface area contributed by atoms with Crippen LogP contribution in [0.25, 0.3) is 0 Å². The summed E-state index contributed by atoms with van der Waals surface area (Å²) in [4.78, 5) is 24.3. The van der Waals surface area contributed by atoms with Crippen LogP contribution < -0.4 is 5.32 Å². The molecule has 0 aliphatic carbocycles. The van der Waals surface area contributed by atoms with E-state index in [-0.39, 0.29) is 5.56 Å². The van der Waals surface area contributed by atoms with Crippen LogP contribution >= 0.6 is 0 Å². The van der Waals surface area contributed by atoms with E-state index in [1.165, 1.54) is 6.20 Å². The second-order valence-electron chi connectivity index (χ2n) is 5.82. The van der Waals surface area contributed by atoms with Crippen molar-refractivity contribution in [2.75, 3.05) is 38.2 Å². The molecule has 10 heteroatoms. The molecule has 138 valence electrons. The van der Waals surface area contributed by atoms with Crippen LogP contribution in [0.4, 0.5) is 15.8 Å². The Morgan fingerprint density at radius 3 is 2.81 bits per heavy atom. The number of non-ortho nitro benzene ring substituents is 1. The number of anilines is 1. The molecule has 2 aromatic rings. The van der Waals surface area contributed by atoms with Gasteiger partial charge in [-0.2, -0.15) is 5.10 Å². The summed E-state index contributed by atoms with van der Waals surface area (Å²) in [6.45, 7) is 4.67. The lowest BCUT2D eigenvalue weighted by atomic mass is 10.2. The molecule has 1 saturated heterocycles. The molecule has 0 spiro atoms. The van der Waals surface area contributed by atoms with E-state index in [9.17, 15) is 19.3 Å². The number of carbonyl (C=O) groups excluding carboxylic acids is 1. The molecule has 26 heavy (non-hydrogen) atoms. The maximum absolute atomic E-state index is 13.9. The van der Waals surface area contributed by atoms with Crippen LogP contribution in [-0.4, -0.2) is 58.4 Å². The van der Waals surface area contributed by atoms with Gasteiger partial charge in [-0.1, -0.05) is 0 Å². The predicted molar refractivity (Wildman–Crippen MR) is 90.5 cm³/mol. The van der Waals surface area contributed by atoms with Gasteiger partial charge in [0.05, 0.1) is 48.2 Å². The summed E-state index contributed by atoms with van der Waals surface area (Å²) in [5.41, 5.74) is -0.249. The zero-order valence-corrected chi connectivity index (χ0v) is 13.9. The lowest BCUT2D eigenvalue weighted by Gasteiger charge is -2.26. The van der Waals surface area contributed by atoms with Gasteiger partial charge in [0.25, 0.3) is 11.6 Å². The van der Waals surface area contributed by atoms with Crippen molar-refractivity contribution in [1.82, 2.24) is 14.7 Å². The van der Waals surface area contributed by atoms with Crippen molar-refractivity contribution in [2.24, 2.45) is 0 Å². The summed E-state index contributed by atoms with van der Waals surface area (Å²) in [5, 5.41) is 17.3. The molecule has 0 radical (unpaired) electrons. The van der Waals surface area contributed by atoms with E-state index in [2.05, 4.69) is 15.3 Å². The number of hydrogen-bond acceptors (Lipinski definition) is 6. The zero-order valence-electron chi connectivity index (χ0n) is 13.9. The fourth-order valence-electron chi connectivity index (χ4n) is 2.62. The van der Waals surface area contributed by atoms with Crippen LogP contribution in [0, 0.1) is 15.9 Å². The molecule has 1 aromatic carbocycles. The van der Waals surface area contributed by atoms with Gasteiger partial charge in [-0.15, -0.1) is 0 Å². The number of nitrogens with zero attached hydrogens (tertiary/aromatic N) is 4. The van der Waals surface area contributed by atoms with E-state index in [0.29, 0.717) is 12.2 Å². The van der Waals surface area contributed by atoms with E-state index in [0.717, 1.165) is 51.0 Å².